The number of alkyl halides is 3. The average molecular weight is 419 g/mol. The van der Waals surface area contributed by atoms with Gasteiger partial charge in [0.05, 0.1) is 16.1 Å². The molecular weight excluding hydrogens is 411 g/mol. The van der Waals surface area contributed by atoms with Gasteiger partial charge in [-0.2, -0.15) is 23.0 Å². The number of nitrogens with zero attached hydrogens (tertiary/aromatic N) is 3. The first-order valence-corrected chi connectivity index (χ1v) is 7.79. The number of benzene rings is 1. The number of hydrogen-bond acceptors (Lipinski definition) is 3. The van der Waals surface area contributed by atoms with Crippen LogP contribution in [0.5, 0.6) is 0 Å². The van der Waals surface area contributed by atoms with Gasteiger partial charge < -0.3 is 0 Å². The monoisotopic (exact) mass is 417 g/mol. The molecule has 0 aliphatic carbocycles. The highest BCUT2D eigenvalue weighted by atomic mass is 79.9. The Morgan fingerprint density at radius 2 is 2.00 bits per heavy atom. The van der Waals surface area contributed by atoms with E-state index in [1.54, 1.807) is 13.0 Å². The Morgan fingerprint density at radius 1 is 1.29 bits per heavy atom. The zero-order valence-corrected chi connectivity index (χ0v) is 14.4. The van der Waals surface area contributed by atoms with Crippen molar-refractivity contribution >= 4 is 44.5 Å². The van der Waals surface area contributed by atoms with Gasteiger partial charge in [0.2, 0.25) is 0 Å². The highest BCUT2D eigenvalue weighted by molar-refractivity contribution is 9.10. The molecule has 3 rings (SSSR count). The van der Waals surface area contributed by atoms with E-state index in [4.69, 9.17) is 11.6 Å². The summed E-state index contributed by atoms with van der Waals surface area (Å²) in [5.41, 5.74) is -0.410. The van der Waals surface area contributed by atoms with Gasteiger partial charge >= 0.3 is 6.18 Å². The van der Waals surface area contributed by atoms with Crippen LogP contribution in [0.4, 0.5) is 13.2 Å². The van der Waals surface area contributed by atoms with Crippen molar-refractivity contribution in [2.24, 2.45) is 0 Å². The van der Waals surface area contributed by atoms with Crippen LogP contribution in [-0.2, 0) is 6.18 Å². The Balaban J connectivity index is 2.30. The number of pyridine rings is 1. The zero-order valence-electron chi connectivity index (χ0n) is 12.0. The maximum atomic E-state index is 13.2. The topological polar surface area (TPSA) is 47.8 Å². The minimum atomic E-state index is -4.72. The van der Waals surface area contributed by atoms with E-state index in [0.717, 1.165) is 16.8 Å². The molecule has 4 nitrogen and oxygen atoms in total. The smallest absolute Gasteiger partial charge is 0.267 e. The molecule has 0 saturated heterocycles. The number of carbonyl (C=O) groups is 1. The lowest BCUT2D eigenvalue weighted by molar-refractivity contribution is -0.137. The number of halogens is 5. The number of fused-ring (bicyclic) bond motifs is 1. The van der Waals surface area contributed by atoms with Gasteiger partial charge in [-0.3, -0.25) is 9.78 Å². The molecular formula is C15H8BrClF3N3O. The normalized spacial score (nSPS) is 11.9. The number of aryl methyl sites for hydroxylation is 1. The quantitative estimate of drug-likeness (QED) is 0.567. The third-order valence-corrected chi connectivity index (χ3v) is 4.30. The van der Waals surface area contributed by atoms with Gasteiger partial charge in [0.1, 0.15) is 11.0 Å². The molecule has 3 aromatic rings. The van der Waals surface area contributed by atoms with E-state index >= 15 is 0 Å². The largest absolute Gasteiger partial charge is 0.417 e. The summed E-state index contributed by atoms with van der Waals surface area (Å²) in [6, 6.07) is 4.82. The molecule has 24 heavy (non-hydrogen) atoms. The zero-order chi connectivity index (χ0) is 17.6. The Labute approximate surface area is 147 Å². The minimum Gasteiger partial charge on any atom is -0.267 e. The second-order valence-corrected chi connectivity index (χ2v) is 6.15. The molecule has 2 aromatic heterocycles. The van der Waals surface area contributed by atoms with Gasteiger partial charge in [0.15, 0.2) is 4.60 Å². The van der Waals surface area contributed by atoms with Crippen molar-refractivity contribution in [3.8, 4) is 0 Å². The van der Waals surface area contributed by atoms with Crippen molar-refractivity contribution in [2.45, 2.75) is 13.1 Å². The first-order chi connectivity index (χ1) is 11.2. The SMILES string of the molecule is Cc1ccnc2c(Br)nn(C(=O)c3c(Cl)cccc3C(F)(F)F)c12. The highest BCUT2D eigenvalue weighted by Crippen LogP contribution is 2.36. The summed E-state index contributed by atoms with van der Waals surface area (Å²) in [5.74, 6) is -0.972. The van der Waals surface area contributed by atoms with E-state index in [9.17, 15) is 18.0 Å². The summed E-state index contributed by atoms with van der Waals surface area (Å²) in [6.45, 7) is 1.71. The van der Waals surface area contributed by atoms with Crippen LogP contribution in [-0.4, -0.2) is 20.7 Å². The third-order valence-electron chi connectivity index (χ3n) is 3.45. The number of hydrogen-bond donors (Lipinski definition) is 0. The van der Waals surface area contributed by atoms with Gasteiger partial charge in [0.25, 0.3) is 5.91 Å². The van der Waals surface area contributed by atoms with Crippen molar-refractivity contribution in [3.63, 3.8) is 0 Å². The second-order valence-electron chi connectivity index (χ2n) is 4.99. The lowest BCUT2D eigenvalue weighted by Gasteiger charge is -2.13. The van der Waals surface area contributed by atoms with Crippen LogP contribution in [0.1, 0.15) is 21.5 Å². The second kappa shape index (κ2) is 5.86. The van der Waals surface area contributed by atoms with Gasteiger partial charge in [0, 0.05) is 6.20 Å². The molecule has 0 atom stereocenters. The van der Waals surface area contributed by atoms with E-state index in [1.807, 2.05) is 0 Å². The van der Waals surface area contributed by atoms with Crippen molar-refractivity contribution in [1.29, 1.82) is 0 Å². The molecule has 0 unspecified atom stereocenters. The Hall–Kier alpha value is -1.93. The molecule has 0 amide bonds. The summed E-state index contributed by atoms with van der Waals surface area (Å²) < 4.78 is 40.9. The summed E-state index contributed by atoms with van der Waals surface area (Å²) in [6.07, 6.45) is -3.20. The van der Waals surface area contributed by atoms with Crippen molar-refractivity contribution in [3.05, 3.63) is 56.8 Å². The standard InChI is InChI=1S/C15H8BrClF3N3O/c1-7-5-6-21-11-12(7)23(22-13(11)16)14(24)10-8(15(18,19)20)3-2-4-9(10)17/h2-6H,1H3. The lowest BCUT2D eigenvalue weighted by Crippen LogP contribution is -2.20. The number of aromatic nitrogens is 3. The molecule has 0 fully saturated rings. The molecule has 0 bridgehead atoms. The van der Waals surface area contributed by atoms with Gasteiger partial charge in [-0.1, -0.05) is 17.7 Å². The molecule has 0 aliphatic rings. The third kappa shape index (κ3) is 2.69. The van der Waals surface area contributed by atoms with Gasteiger partial charge in [-0.15, -0.1) is 0 Å². The van der Waals surface area contributed by atoms with Crippen LogP contribution in [0.3, 0.4) is 0 Å². The minimum absolute atomic E-state index is 0.259. The number of rotatable bonds is 1. The predicted molar refractivity (Wildman–Crippen MR) is 86.1 cm³/mol. The Morgan fingerprint density at radius 3 is 2.67 bits per heavy atom. The molecule has 9 heteroatoms. The molecule has 0 saturated carbocycles. The van der Waals surface area contributed by atoms with Crippen molar-refractivity contribution < 1.29 is 18.0 Å². The van der Waals surface area contributed by atoms with Gasteiger partial charge in [-0.25, -0.2) is 0 Å². The van der Waals surface area contributed by atoms with Crippen LogP contribution in [0, 0.1) is 6.92 Å². The van der Waals surface area contributed by atoms with Gasteiger partial charge in [-0.05, 0) is 46.6 Å². The molecule has 0 aliphatic heterocycles. The average Bonchev–Trinajstić information content (AvgIpc) is 2.84. The summed E-state index contributed by atoms with van der Waals surface area (Å²) in [4.78, 5) is 16.9. The van der Waals surface area contributed by atoms with Crippen molar-refractivity contribution in [2.75, 3.05) is 0 Å². The molecule has 0 radical (unpaired) electrons. The van der Waals surface area contributed by atoms with Crippen LogP contribution in [0.25, 0.3) is 11.0 Å². The summed E-state index contributed by atoms with van der Waals surface area (Å²) in [5, 5.41) is 3.69. The predicted octanol–water partition coefficient (Wildman–Crippen LogP) is 4.86. The van der Waals surface area contributed by atoms with Crippen LogP contribution in [0.2, 0.25) is 5.02 Å². The van der Waals surface area contributed by atoms with E-state index < -0.39 is 23.2 Å². The van der Waals surface area contributed by atoms with Crippen LogP contribution >= 0.6 is 27.5 Å². The number of carbonyl (C=O) groups excluding carboxylic acids is 1. The molecule has 0 spiro atoms. The fraction of sp³-hybridized carbons (Fsp3) is 0.133. The Bertz CT molecular complexity index is 968. The molecule has 2 heterocycles. The molecule has 124 valence electrons. The fourth-order valence-electron chi connectivity index (χ4n) is 2.38. The van der Waals surface area contributed by atoms with Crippen LogP contribution in [0.15, 0.2) is 35.1 Å². The molecule has 0 N–H and O–H groups in total. The Kier molecular flexibility index (Phi) is 4.13. The first-order valence-electron chi connectivity index (χ1n) is 6.62. The molecule has 1 aromatic carbocycles. The maximum absolute atomic E-state index is 13.2. The fourth-order valence-corrected chi connectivity index (χ4v) is 3.09. The van der Waals surface area contributed by atoms with Crippen molar-refractivity contribution in [1.82, 2.24) is 14.8 Å². The van der Waals surface area contributed by atoms with Crippen LogP contribution < -0.4 is 0 Å². The highest BCUT2D eigenvalue weighted by Gasteiger charge is 2.37. The maximum Gasteiger partial charge on any atom is 0.417 e. The van der Waals surface area contributed by atoms with E-state index in [2.05, 4.69) is 26.0 Å². The lowest BCUT2D eigenvalue weighted by atomic mass is 10.1. The van der Waals surface area contributed by atoms with E-state index in [-0.39, 0.29) is 9.63 Å². The van der Waals surface area contributed by atoms with E-state index in [1.165, 1.54) is 12.3 Å². The van der Waals surface area contributed by atoms with E-state index in [0.29, 0.717) is 16.6 Å². The summed E-state index contributed by atoms with van der Waals surface area (Å²) >= 11 is 9.06. The summed E-state index contributed by atoms with van der Waals surface area (Å²) in [7, 11) is 0. The first kappa shape index (κ1) is 16.9.